The summed E-state index contributed by atoms with van der Waals surface area (Å²) in [5, 5.41) is 1.16. The molecular formula is C18H15NOS. The SMILES string of the molecule is CC(=O)c1cccc(SCc2ccc3ccccc3n2)c1. The number of pyridine rings is 1. The van der Waals surface area contributed by atoms with Gasteiger partial charge in [-0.2, -0.15) is 0 Å². The van der Waals surface area contributed by atoms with Crippen LogP contribution in [0.1, 0.15) is 23.0 Å². The summed E-state index contributed by atoms with van der Waals surface area (Å²) in [5.74, 6) is 0.896. The zero-order chi connectivity index (χ0) is 14.7. The monoisotopic (exact) mass is 293 g/mol. The topological polar surface area (TPSA) is 30.0 Å². The van der Waals surface area contributed by atoms with Gasteiger partial charge in [0.2, 0.25) is 0 Å². The van der Waals surface area contributed by atoms with Crippen molar-refractivity contribution in [3.63, 3.8) is 0 Å². The average Bonchev–Trinajstić information content (AvgIpc) is 2.53. The van der Waals surface area contributed by atoms with Gasteiger partial charge in [-0.05, 0) is 31.2 Å². The molecule has 21 heavy (non-hydrogen) atoms. The minimum atomic E-state index is 0.0984. The van der Waals surface area contributed by atoms with Crippen LogP contribution in [0.25, 0.3) is 10.9 Å². The van der Waals surface area contributed by atoms with E-state index in [9.17, 15) is 4.79 Å². The summed E-state index contributed by atoms with van der Waals surface area (Å²) in [5.41, 5.74) is 2.83. The van der Waals surface area contributed by atoms with Crippen molar-refractivity contribution in [2.24, 2.45) is 0 Å². The van der Waals surface area contributed by atoms with Crippen LogP contribution in [-0.4, -0.2) is 10.8 Å². The van der Waals surface area contributed by atoms with Gasteiger partial charge in [0.15, 0.2) is 5.78 Å². The van der Waals surface area contributed by atoms with E-state index >= 15 is 0 Å². The lowest BCUT2D eigenvalue weighted by molar-refractivity contribution is 0.101. The van der Waals surface area contributed by atoms with Crippen molar-refractivity contribution >= 4 is 28.4 Å². The maximum atomic E-state index is 11.4. The second-order valence-electron chi connectivity index (χ2n) is 4.87. The van der Waals surface area contributed by atoms with Gasteiger partial charge < -0.3 is 0 Å². The molecule has 0 unspecified atom stereocenters. The Morgan fingerprint density at radius 2 is 1.90 bits per heavy atom. The molecule has 2 aromatic carbocycles. The normalized spacial score (nSPS) is 10.7. The summed E-state index contributed by atoms with van der Waals surface area (Å²) in [6.07, 6.45) is 0. The second kappa shape index (κ2) is 6.10. The van der Waals surface area contributed by atoms with Crippen LogP contribution in [0.15, 0.2) is 65.6 Å². The zero-order valence-corrected chi connectivity index (χ0v) is 12.6. The van der Waals surface area contributed by atoms with E-state index in [0.29, 0.717) is 0 Å². The molecule has 0 spiro atoms. The van der Waals surface area contributed by atoms with Crippen LogP contribution in [0.2, 0.25) is 0 Å². The number of hydrogen-bond acceptors (Lipinski definition) is 3. The quantitative estimate of drug-likeness (QED) is 0.514. The highest BCUT2D eigenvalue weighted by molar-refractivity contribution is 7.98. The first-order valence-electron chi connectivity index (χ1n) is 6.81. The minimum absolute atomic E-state index is 0.0984. The molecule has 0 N–H and O–H groups in total. The van der Waals surface area contributed by atoms with E-state index in [1.165, 1.54) is 0 Å². The predicted molar refractivity (Wildman–Crippen MR) is 87.8 cm³/mol. The van der Waals surface area contributed by atoms with E-state index in [0.717, 1.165) is 32.8 Å². The second-order valence-corrected chi connectivity index (χ2v) is 5.92. The summed E-state index contributed by atoms with van der Waals surface area (Å²) in [4.78, 5) is 17.2. The van der Waals surface area contributed by atoms with E-state index in [2.05, 4.69) is 23.2 Å². The van der Waals surface area contributed by atoms with Gasteiger partial charge in [0, 0.05) is 21.6 Å². The Balaban J connectivity index is 1.77. The number of nitrogens with zero attached hydrogens (tertiary/aromatic N) is 1. The highest BCUT2D eigenvalue weighted by Gasteiger charge is 2.03. The van der Waals surface area contributed by atoms with Gasteiger partial charge in [0.05, 0.1) is 11.2 Å². The average molecular weight is 293 g/mol. The number of ketones is 1. The molecule has 0 aliphatic carbocycles. The highest BCUT2D eigenvalue weighted by Crippen LogP contribution is 2.24. The number of aromatic nitrogens is 1. The number of hydrogen-bond donors (Lipinski definition) is 0. The molecule has 1 heterocycles. The van der Waals surface area contributed by atoms with Gasteiger partial charge in [-0.15, -0.1) is 11.8 Å². The molecule has 0 saturated carbocycles. The number of para-hydroxylation sites is 1. The molecule has 0 atom stereocenters. The molecule has 0 aliphatic heterocycles. The zero-order valence-electron chi connectivity index (χ0n) is 11.7. The first-order chi connectivity index (χ1) is 10.2. The Kier molecular flexibility index (Phi) is 4.02. The fourth-order valence-corrected chi connectivity index (χ4v) is 3.01. The van der Waals surface area contributed by atoms with E-state index in [-0.39, 0.29) is 5.78 Å². The van der Waals surface area contributed by atoms with E-state index in [4.69, 9.17) is 0 Å². The van der Waals surface area contributed by atoms with Crippen molar-refractivity contribution in [2.45, 2.75) is 17.6 Å². The van der Waals surface area contributed by atoms with Crippen LogP contribution < -0.4 is 0 Å². The van der Waals surface area contributed by atoms with Gasteiger partial charge >= 0.3 is 0 Å². The lowest BCUT2D eigenvalue weighted by Gasteiger charge is -2.04. The fourth-order valence-electron chi connectivity index (χ4n) is 2.15. The molecule has 104 valence electrons. The number of benzene rings is 2. The lowest BCUT2D eigenvalue weighted by Crippen LogP contribution is -1.92. The standard InChI is InChI=1S/C18H15NOS/c1-13(20)15-6-4-7-17(11-15)21-12-16-10-9-14-5-2-3-8-18(14)19-16/h2-11H,12H2,1H3. The van der Waals surface area contributed by atoms with E-state index in [1.54, 1.807) is 18.7 Å². The van der Waals surface area contributed by atoms with Crippen molar-refractivity contribution < 1.29 is 4.79 Å². The highest BCUT2D eigenvalue weighted by atomic mass is 32.2. The molecular weight excluding hydrogens is 278 g/mol. The van der Waals surface area contributed by atoms with Gasteiger partial charge in [0.1, 0.15) is 0 Å². The number of fused-ring (bicyclic) bond motifs is 1. The summed E-state index contributed by atoms with van der Waals surface area (Å²) < 4.78 is 0. The molecule has 3 heteroatoms. The van der Waals surface area contributed by atoms with Gasteiger partial charge in [-0.3, -0.25) is 9.78 Å². The number of carbonyl (C=O) groups excluding carboxylic acids is 1. The van der Waals surface area contributed by atoms with Gasteiger partial charge in [-0.1, -0.05) is 36.4 Å². The minimum Gasteiger partial charge on any atom is -0.295 e. The fraction of sp³-hybridized carbons (Fsp3) is 0.111. The summed E-state index contributed by atoms with van der Waals surface area (Å²) in [6, 6.07) is 20.0. The van der Waals surface area contributed by atoms with Gasteiger partial charge in [-0.25, -0.2) is 0 Å². The van der Waals surface area contributed by atoms with Crippen molar-refractivity contribution in [3.05, 3.63) is 71.9 Å². The van der Waals surface area contributed by atoms with E-state index in [1.807, 2.05) is 42.5 Å². The predicted octanol–water partition coefficient (Wildman–Crippen LogP) is 4.73. The van der Waals surface area contributed by atoms with Crippen molar-refractivity contribution in [2.75, 3.05) is 0 Å². The van der Waals surface area contributed by atoms with Crippen LogP contribution >= 0.6 is 11.8 Å². The maximum absolute atomic E-state index is 11.4. The molecule has 1 aromatic heterocycles. The Labute approximate surface area is 128 Å². The maximum Gasteiger partial charge on any atom is 0.159 e. The molecule has 0 fully saturated rings. The van der Waals surface area contributed by atoms with Crippen molar-refractivity contribution in [3.8, 4) is 0 Å². The smallest absolute Gasteiger partial charge is 0.159 e. The van der Waals surface area contributed by atoms with Crippen LogP contribution in [0.4, 0.5) is 0 Å². The summed E-state index contributed by atoms with van der Waals surface area (Å²) in [7, 11) is 0. The summed E-state index contributed by atoms with van der Waals surface area (Å²) >= 11 is 1.70. The Bertz CT molecular complexity index is 798. The van der Waals surface area contributed by atoms with Crippen LogP contribution in [-0.2, 0) is 5.75 Å². The van der Waals surface area contributed by atoms with E-state index < -0.39 is 0 Å². The van der Waals surface area contributed by atoms with Crippen LogP contribution in [0.3, 0.4) is 0 Å². The first-order valence-corrected chi connectivity index (χ1v) is 7.79. The molecule has 0 saturated heterocycles. The molecule has 3 aromatic rings. The van der Waals surface area contributed by atoms with Gasteiger partial charge in [0.25, 0.3) is 0 Å². The third kappa shape index (κ3) is 3.31. The molecule has 0 amide bonds. The van der Waals surface area contributed by atoms with Crippen LogP contribution in [0.5, 0.6) is 0 Å². The molecule has 0 aliphatic rings. The number of carbonyl (C=O) groups is 1. The third-order valence-electron chi connectivity index (χ3n) is 3.28. The summed E-state index contributed by atoms with van der Waals surface area (Å²) in [6.45, 7) is 1.59. The Hall–Kier alpha value is -2.13. The van der Waals surface area contributed by atoms with Crippen molar-refractivity contribution in [1.82, 2.24) is 4.98 Å². The number of Topliss-reactive ketones (excluding diaryl/α,β-unsaturated/α-hetero) is 1. The molecule has 0 bridgehead atoms. The van der Waals surface area contributed by atoms with Crippen molar-refractivity contribution in [1.29, 1.82) is 0 Å². The lowest BCUT2D eigenvalue weighted by atomic mass is 10.2. The molecule has 0 radical (unpaired) electrons. The largest absolute Gasteiger partial charge is 0.295 e. The molecule has 3 rings (SSSR count). The van der Waals surface area contributed by atoms with Crippen LogP contribution in [0, 0.1) is 0 Å². The third-order valence-corrected chi connectivity index (χ3v) is 4.31. The first kappa shape index (κ1) is 13.8. The number of thioether (sulfide) groups is 1. The Morgan fingerprint density at radius 3 is 2.76 bits per heavy atom. The number of rotatable bonds is 4. The molecule has 2 nitrogen and oxygen atoms in total. The Morgan fingerprint density at radius 1 is 1.05 bits per heavy atom.